The minimum atomic E-state index is 0.484. The minimum Gasteiger partial charge on any atom is -0.454 e. The Morgan fingerprint density at radius 3 is 1.17 bits per heavy atom. The average molecular weight is 1010 g/mol. The summed E-state index contributed by atoms with van der Waals surface area (Å²) < 4.78 is 14.9. The SMILES string of the molecule is Cc1cccc(N(c2ccc3ccc4c(N(c5cccc(C)c5)c5cccc6c5oc5c(C7CCCCC7)cc7ccccc7c56)ccc5ccc2c3c54)c2cccc3c2oc2c(C4CCCCC4)cc4ccccc4c23)c1. The van der Waals surface area contributed by atoms with Crippen LogP contribution < -0.4 is 9.80 Å². The zero-order valence-corrected chi connectivity index (χ0v) is 44.4. The molecular weight excluding hydrogens is 949 g/mol. The van der Waals surface area contributed by atoms with Gasteiger partial charge < -0.3 is 18.6 Å². The number of para-hydroxylation sites is 2. The number of aryl methyl sites for hydroxylation is 2. The lowest BCUT2D eigenvalue weighted by Gasteiger charge is -2.29. The number of nitrogens with zero attached hydrogens (tertiary/aromatic N) is 2. The molecule has 0 aliphatic heterocycles. The van der Waals surface area contributed by atoms with E-state index in [0.717, 1.165) is 67.2 Å². The maximum atomic E-state index is 7.44. The highest BCUT2D eigenvalue weighted by Crippen LogP contribution is 2.53. The van der Waals surface area contributed by atoms with Crippen LogP contribution in [0.15, 0.2) is 203 Å². The maximum Gasteiger partial charge on any atom is 0.159 e. The fraction of sp³-hybridized carbons (Fsp3) is 0.189. The van der Waals surface area contributed by atoms with E-state index in [9.17, 15) is 0 Å². The summed E-state index contributed by atoms with van der Waals surface area (Å²) in [5.74, 6) is 0.969. The van der Waals surface area contributed by atoms with Gasteiger partial charge in [-0.2, -0.15) is 0 Å². The van der Waals surface area contributed by atoms with Gasteiger partial charge in [0.05, 0.1) is 22.7 Å². The summed E-state index contributed by atoms with van der Waals surface area (Å²) in [6.45, 7) is 4.39. The van der Waals surface area contributed by atoms with E-state index >= 15 is 0 Å². The minimum absolute atomic E-state index is 0.484. The van der Waals surface area contributed by atoms with Gasteiger partial charge in [0.1, 0.15) is 11.2 Å². The second kappa shape index (κ2) is 18.0. The molecule has 2 aliphatic carbocycles. The monoisotopic (exact) mass is 1010 g/mol. The molecule has 0 spiro atoms. The number of hydrogen-bond acceptors (Lipinski definition) is 4. The molecule has 4 nitrogen and oxygen atoms in total. The van der Waals surface area contributed by atoms with Crippen LogP contribution in [-0.4, -0.2) is 0 Å². The molecule has 12 aromatic carbocycles. The van der Waals surface area contributed by atoms with E-state index in [1.54, 1.807) is 0 Å². The van der Waals surface area contributed by atoms with Gasteiger partial charge in [-0.3, -0.25) is 0 Å². The summed E-state index contributed by atoms with van der Waals surface area (Å²) >= 11 is 0. The van der Waals surface area contributed by atoms with Crippen LogP contribution in [0.4, 0.5) is 34.1 Å². The Hall–Kier alpha value is -8.60. The van der Waals surface area contributed by atoms with Crippen LogP contribution in [0.5, 0.6) is 0 Å². The highest BCUT2D eigenvalue weighted by molar-refractivity contribution is 6.29. The predicted molar refractivity (Wildman–Crippen MR) is 330 cm³/mol. The Labute approximate surface area is 454 Å². The van der Waals surface area contributed by atoms with Crippen LogP contribution >= 0.6 is 0 Å². The number of benzene rings is 12. The number of anilines is 6. The molecule has 4 heteroatoms. The largest absolute Gasteiger partial charge is 0.454 e. The molecule has 16 rings (SSSR count). The molecule has 378 valence electrons. The molecule has 2 aliphatic rings. The third-order valence-electron chi connectivity index (χ3n) is 18.2. The van der Waals surface area contributed by atoms with E-state index in [0.29, 0.717) is 11.8 Å². The Kier molecular flexibility index (Phi) is 10.5. The van der Waals surface area contributed by atoms with Crippen LogP contribution in [0.2, 0.25) is 0 Å². The van der Waals surface area contributed by atoms with Crippen molar-refractivity contribution in [3.05, 3.63) is 216 Å². The maximum absolute atomic E-state index is 7.44. The number of rotatable bonds is 8. The van der Waals surface area contributed by atoms with Crippen LogP contribution in [0, 0.1) is 13.8 Å². The van der Waals surface area contributed by atoms with Crippen molar-refractivity contribution in [2.45, 2.75) is 89.9 Å². The summed E-state index contributed by atoms with van der Waals surface area (Å²) in [7, 11) is 0. The molecule has 2 heterocycles. The fourth-order valence-electron chi connectivity index (χ4n) is 14.6. The topological polar surface area (TPSA) is 32.8 Å². The lowest BCUT2D eigenvalue weighted by molar-refractivity contribution is 0.442. The van der Waals surface area contributed by atoms with Crippen molar-refractivity contribution in [2.24, 2.45) is 0 Å². The van der Waals surface area contributed by atoms with E-state index < -0.39 is 0 Å². The van der Waals surface area contributed by atoms with Gasteiger partial charge in [-0.15, -0.1) is 0 Å². The zero-order chi connectivity index (χ0) is 51.6. The number of hydrogen-bond donors (Lipinski definition) is 0. The average Bonchev–Trinajstić information content (AvgIpc) is 4.21. The molecule has 78 heavy (non-hydrogen) atoms. The first kappa shape index (κ1) is 45.6. The first-order valence-corrected chi connectivity index (χ1v) is 28.7. The van der Waals surface area contributed by atoms with Gasteiger partial charge in [0.25, 0.3) is 0 Å². The quantitative estimate of drug-likeness (QED) is 0.142. The molecule has 0 amide bonds. The Balaban J connectivity index is 0.934. The molecule has 0 saturated heterocycles. The molecule has 0 N–H and O–H groups in total. The molecule has 2 saturated carbocycles. The number of furan rings is 2. The van der Waals surface area contributed by atoms with E-state index in [-0.39, 0.29) is 0 Å². The number of fused-ring (bicyclic) bond motifs is 10. The molecule has 0 unspecified atom stereocenters. The predicted octanol–water partition coefficient (Wildman–Crippen LogP) is 22.3. The lowest BCUT2D eigenvalue weighted by atomic mass is 9.82. The summed E-state index contributed by atoms with van der Waals surface area (Å²) in [5, 5.41) is 17.1. The van der Waals surface area contributed by atoms with Crippen molar-refractivity contribution in [2.75, 3.05) is 9.80 Å². The lowest BCUT2D eigenvalue weighted by Crippen LogP contribution is -2.12. The smallest absolute Gasteiger partial charge is 0.159 e. The Morgan fingerprint density at radius 2 is 0.718 bits per heavy atom. The standard InChI is InChI=1S/C74H60N2O2/c1-45-17-13-25-53(41-45)75(65-31-15-29-59-69-55-27-11-9-23-51(55)43-61(73(69)77-71(59)65)47-19-5-3-6-20-47)63-39-35-49-34-38-58-64(40-36-50-33-37-57(63)67(49)68(50)58)76(54-26-14-18-46(2)42-54)66-32-16-30-60-70-56-28-12-10-24-52(56)44-62(74(70)78-72(60)66)48-21-7-4-8-22-48/h9-18,23-44,47-48H,3-8,19-22H2,1-2H3. The van der Waals surface area contributed by atoms with Gasteiger partial charge >= 0.3 is 0 Å². The second-order valence-corrected chi connectivity index (χ2v) is 22.9. The second-order valence-electron chi connectivity index (χ2n) is 22.9. The summed E-state index contributed by atoms with van der Waals surface area (Å²) in [6, 6.07) is 73.0. The fourth-order valence-corrected chi connectivity index (χ4v) is 14.6. The molecule has 2 aromatic heterocycles. The summed E-state index contributed by atoms with van der Waals surface area (Å²) in [6.07, 6.45) is 12.5. The third kappa shape index (κ3) is 7.04. The van der Waals surface area contributed by atoms with Crippen molar-refractivity contribution < 1.29 is 8.83 Å². The molecule has 0 bridgehead atoms. The van der Waals surface area contributed by atoms with Crippen LogP contribution in [-0.2, 0) is 0 Å². The van der Waals surface area contributed by atoms with Gasteiger partial charge in [0.15, 0.2) is 11.2 Å². The Morgan fingerprint density at radius 1 is 0.308 bits per heavy atom. The van der Waals surface area contributed by atoms with E-state index in [1.807, 2.05) is 0 Å². The van der Waals surface area contributed by atoms with Crippen LogP contribution in [0.3, 0.4) is 0 Å². The van der Waals surface area contributed by atoms with Gasteiger partial charge in [0, 0.05) is 43.7 Å². The van der Waals surface area contributed by atoms with Crippen molar-refractivity contribution in [3.8, 4) is 0 Å². The van der Waals surface area contributed by atoms with Crippen molar-refractivity contribution >= 4 is 132 Å². The molecular formula is C74H60N2O2. The van der Waals surface area contributed by atoms with E-state index in [2.05, 4.69) is 218 Å². The first-order chi connectivity index (χ1) is 38.5. The first-order valence-electron chi connectivity index (χ1n) is 28.7. The van der Waals surface area contributed by atoms with E-state index in [4.69, 9.17) is 8.83 Å². The van der Waals surface area contributed by atoms with Gasteiger partial charge in [-0.25, -0.2) is 0 Å². The van der Waals surface area contributed by atoms with Crippen molar-refractivity contribution in [1.29, 1.82) is 0 Å². The van der Waals surface area contributed by atoms with Crippen molar-refractivity contribution in [3.63, 3.8) is 0 Å². The highest BCUT2D eigenvalue weighted by Gasteiger charge is 2.30. The van der Waals surface area contributed by atoms with E-state index in [1.165, 1.54) is 151 Å². The summed E-state index contributed by atoms with van der Waals surface area (Å²) in [4.78, 5) is 4.94. The summed E-state index contributed by atoms with van der Waals surface area (Å²) in [5.41, 5.74) is 15.6. The molecule has 0 atom stereocenters. The normalized spacial score (nSPS) is 14.9. The Bertz CT molecular complexity index is 4400. The van der Waals surface area contributed by atoms with Gasteiger partial charge in [0.2, 0.25) is 0 Å². The molecule has 14 aromatic rings. The zero-order valence-electron chi connectivity index (χ0n) is 44.4. The van der Waals surface area contributed by atoms with Crippen LogP contribution in [0.1, 0.15) is 98.3 Å². The van der Waals surface area contributed by atoms with Crippen LogP contribution in [0.25, 0.3) is 97.7 Å². The molecule has 2 fully saturated rings. The van der Waals surface area contributed by atoms with Gasteiger partial charge in [-0.05, 0) is 177 Å². The highest BCUT2D eigenvalue weighted by atomic mass is 16.3. The van der Waals surface area contributed by atoms with Gasteiger partial charge in [-0.1, -0.05) is 172 Å². The van der Waals surface area contributed by atoms with Crippen molar-refractivity contribution in [1.82, 2.24) is 0 Å². The molecule has 0 radical (unpaired) electrons. The third-order valence-corrected chi connectivity index (χ3v) is 18.2.